The van der Waals surface area contributed by atoms with Gasteiger partial charge in [0.15, 0.2) is 6.29 Å². The van der Waals surface area contributed by atoms with Gasteiger partial charge in [-0.05, 0) is 52.1 Å². The molecule has 0 unspecified atom stereocenters. The number of aliphatic hydroxyl groups excluding tert-OH is 1. The molecule has 0 bridgehead atoms. The second kappa shape index (κ2) is 17.7. The van der Waals surface area contributed by atoms with Crippen LogP contribution in [0.5, 0.6) is 0 Å². The number of nitrogens with one attached hydrogen (secondary N) is 2. The number of hydroxylamine groups is 1. The molecule has 4 aromatic rings. The predicted octanol–water partition coefficient (Wildman–Crippen LogP) is 4.95. The van der Waals surface area contributed by atoms with Crippen LogP contribution in [0.3, 0.4) is 0 Å². The van der Waals surface area contributed by atoms with Crippen LogP contribution in [0.1, 0.15) is 79.6 Å². The lowest BCUT2D eigenvalue weighted by atomic mass is 10.0. The van der Waals surface area contributed by atoms with E-state index in [4.69, 9.17) is 14.7 Å². The number of nitrogens with zero attached hydrogens (tertiary/aromatic N) is 4. The molecule has 47 heavy (non-hydrogen) atoms. The van der Waals surface area contributed by atoms with Crippen LogP contribution in [0, 0.1) is 0 Å². The van der Waals surface area contributed by atoms with Crippen LogP contribution in [-0.4, -0.2) is 54.2 Å². The van der Waals surface area contributed by atoms with Crippen molar-refractivity contribution in [3.8, 4) is 5.69 Å². The Labute approximate surface area is 277 Å². The molecule has 3 aromatic carbocycles. The molecule has 0 saturated carbocycles. The first-order chi connectivity index (χ1) is 23.0. The molecule has 5 rings (SSSR count). The zero-order valence-corrected chi connectivity index (χ0v) is 26.8. The third-order valence-electron chi connectivity index (χ3n) is 7.88. The first kappa shape index (κ1) is 34.2. The zero-order chi connectivity index (χ0) is 32.8. The van der Waals surface area contributed by atoms with Gasteiger partial charge in [-0.15, -0.1) is 5.10 Å². The number of hydrogen-bond donors (Lipinski definition) is 4. The first-order valence-electron chi connectivity index (χ1n) is 15.8. The van der Waals surface area contributed by atoms with Gasteiger partial charge < -0.3 is 19.9 Å². The van der Waals surface area contributed by atoms with E-state index in [0.29, 0.717) is 36.7 Å². The summed E-state index contributed by atoms with van der Waals surface area (Å²) in [5.41, 5.74) is 6.19. The quantitative estimate of drug-likeness (QED) is 0.0560. The van der Waals surface area contributed by atoms with Gasteiger partial charge in [0.2, 0.25) is 17.0 Å². The largest absolute Gasteiger partial charge is 0.392 e. The number of thioether (sulfide) groups is 1. The molecule has 0 aliphatic carbocycles. The first-order valence-corrected chi connectivity index (χ1v) is 16.8. The van der Waals surface area contributed by atoms with Gasteiger partial charge in [0, 0.05) is 37.1 Å². The molecule has 2 heterocycles. The summed E-state index contributed by atoms with van der Waals surface area (Å²) in [6, 6.07) is 25.4. The second-order valence-electron chi connectivity index (χ2n) is 11.3. The second-order valence-corrected chi connectivity index (χ2v) is 12.3. The van der Waals surface area contributed by atoms with Crippen molar-refractivity contribution in [1.82, 2.24) is 31.0 Å². The van der Waals surface area contributed by atoms with Gasteiger partial charge in [-0.2, -0.15) is 4.68 Å². The molecule has 0 radical (unpaired) electrons. The molecule has 4 N–H and O–H groups in total. The number of rotatable bonds is 16. The van der Waals surface area contributed by atoms with E-state index in [9.17, 15) is 14.7 Å². The van der Waals surface area contributed by atoms with E-state index >= 15 is 0 Å². The number of carbonyl (C=O) groups excluding carboxylic acids is 2. The van der Waals surface area contributed by atoms with Crippen molar-refractivity contribution < 1.29 is 29.4 Å². The molecule has 1 aliphatic rings. The molecule has 3 atom stereocenters. The number of unbranched alkanes of at least 4 members (excludes halogenated alkanes) is 3. The van der Waals surface area contributed by atoms with Gasteiger partial charge in [0.25, 0.3) is 0 Å². The summed E-state index contributed by atoms with van der Waals surface area (Å²) in [5, 5.41) is 34.0. The lowest BCUT2D eigenvalue weighted by molar-refractivity contribution is -0.245. The highest BCUT2D eigenvalue weighted by atomic mass is 32.2. The number of aromatic nitrogens is 4. The highest BCUT2D eigenvalue weighted by Crippen LogP contribution is 2.39. The van der Waals surface area contributed by atoms with Crippen molar-refractivity contribution >= 4 is 23.6 Å². The summed E-state index contributed by atoms with van der Waals surface area (Å²) < 4.78 is 14.7. The summed E-state index contributed by atoms with van der Waals surface area (Å²) in [7, 11) is 0. The summed E-state index contributed by atoms with van der Waals surface area (Å²) in [6.45, 7) is 0.393. The summed E-state index contributed by atoms with van der Waals surface area (Å²) >= 11 is 1.53. The van der Waals surface area contributed by atoms with Gasteiger partial charge in [-0.1, -0.05) is 91.3 Å². The van der Waals surface area contributed by atoms with Crippen molar-refractivity contribution in [1.29, 1.82) is 0 Å². The molecule has 0 spiro atoms. The van der Waals surface area contributed by atoms with Crippen molar-refractivity contribution in [2.24, 2.45) is 0 Å². The number of benzene rings is 3. The molecular weight excluding hydrogens is 620 g/mol. The third-order valence-corrected chi connectivity index (χ3v) is 8.93. The molecule has 1 fully saturated rings. The average molecular weight is 661 g/mol. The highest BCUT2D eigenvalue weighted by molar-refractivity contribution is 7.99. The lowest BCUT2D eigenvalue weighted by Crippen LogP contribution is -2.31. The van der Waals surface area contributed by atoms with Gasteiger partial charge in [0.05, 0.1) is 24.5 Å². The average Bonchev–Trinajstić information content (AvgIpc) is 3.60. The van der Waals surface area contributed by atoms with Crippen molar-refractivity contribution in [2.75, 3.05) is 5.75 Å². The minimum absolute atomic E-state index is 0.0187. The molecular formula is C34H40N6O6S. The molecule has 248 valence electrons. The Morgan fingerprint density at radius 1 is 0.851 bits per heavy atom. The number of carbonyl (C=O) groups is 2. The SMILES string of the molecule is O=C(CCCCCCC(=O)NCc1ccc([C@@H]2O[C@H](CSc3nnnn3-c3ccccc3)C[C@H](c3ccc(CO)cc3)O2)cc1)NO. The Bertz CT molecular complexity index is 1550. The number of aliphatic hydroxyl groups is 1. The topological polar surface area (TPSA) is 161 Å². The smallest absolute Gasteiger partial charge is 0.243 e. The normalized spacial score (nSPS) is 17.7. The van der Waals surface area contributed by atoms with Crippen LogP contribution >= 0.6 is 11.8 Å². The van der Waals surface area contributed by atoms with Crippen LogP contribution in [0.4, 0.5) is 0 Å². The van der Waals surface area contributed by atoms with E-state index in [1.54, 1.807) is 10.2 Å². The molecule has 12 nitrogen and oxygen atoms in total. The van der Waals surface area contributed by atoms with Gasteiger partial charge in [-0.3, -0.25) is 14.8 Å². The fourth-order valence-corrected chi connectivity index (χ4v) is 6.16. The van der Waals surface area contributed by atoms with Crippen molar-refractivity contribution in [3.63, 3.8) is 0 Å². The van der Waals surface area contributed by atoms with Crippen LogP contribution in [0.15, 0.2) is 84.0 Å². The van der Waals surface area contributed by atoms with E-state index in [2.05, 4.69) is 20.8 Å². The summed E-state index contributed by atoms with van der Waals surface area (Å²) in [4.78, 5) is 23.4. The van der Waals surface area contributed by atoms with Gasteiger partial charge in [0.1, 0.15) is 0 Å². The van der Waals surface area contributed by atoms with Crippen molar-refractivity contribution in [2.45, 2.75) is 81.8 Å². The number of para-hydroxylation sites is 1. The fourth-order valence-electron chi connectivity index (χ4n) is 5.25. The maximum absolute atomic E-state index is 12.3. The minimum atomic E-state index is -0.603. The Kier molecular flexibility index (Phi) is 12.9. The van der Waals surface area contributed by atoms with E-state index in [1.807, 2.05) is 78.9 Å². The molecule has 1 aromatic heterocycles. The third kappa shape index (κ3) is 10.2. The summed E-state index contributed by atoms with van der Waals surface area (Å²) in [6.07, 6.45) is 3.45. The van der Waals surface area contributed by atoms with E-state index in [1.165, 1.54) is 11.8 Å². The van der Waals surface area contributed by atoms with Crippen LogP contribution in [-0.2, 0) is 32.2 Å². The van der Waals surface area contributed by atoms with Crippen LogP contribution < -0.4 is 10.8 Å². The Morgan fingerprint density at radius 2 is 1.53 bits per heavy atom. The predicted molar refractivity (Wildman–Crippen MR) is 174 cm³/mol. The number of ether oxygens (including phenoxy) is 2. The summed E-state index contributed by atoms with van der Waals surface area (Å²) in [5.74, 6) is 0.205. The lowest BCUT2D eigenvalue weighted by Gasteiger charge is -2.36. The van der Waals surface area contributed by atoms with Crippen molar-refractivity contribution in [3.05, 3.63) is 101 Å². The molecule has 1 saturated heterocycles. The fraction of sp³-hybridized carbons (Fsp3) is 0.382. The molecule has 13 heteroatoms. The number of tetrazole rings is 1. The number of amides is 2. The van der Waals surface area contributed by atoms with Crippen LogP contribution in [0.2, 0.25) is 0 Å². The minimum Gasteiger partial charge on any atom is -0.392 e. The molecule has 1 aliphatic heterocycles. The highest BCUT2D eigenvalue weighted by Gasteiger charge is 2.32. The van der Waals surface area contributed by atoms with E-state index < -0.39 is 6.29 Å². The maximum Gasteiger partial charge on any atom is 0.243 e. The maximum atomic E-state index is 12.3. The van der Waals surface area contributed by atoms with E-state index in [-0.39, 0.29) is 37.0 Å². The zero-order valence-electron chi connectivity index (χ0n) is 26.0. The monoisotopic (exact) mass is 660 g/mol. The number of hydrogen-bond acceptors (Lipinski definition) is 10. The van der Waals surface area contributed by atoms with Gasteiger partial charge in [-0.25, -0.2) is 5.48 Å². The van der Waals surface area contributed by atoms with Gasteiger partial charge >= 0.3 is 0 Å². The van der Waals surface area contributed by atoms with E-state index in [0.717, 1.165) is 47.2 Å². The Morgan fingerprint density at radius 3 is 2.23 bits per heavy atom. The Hall–Kier alpha value is -4.14. The van der Waals surface area contributed by atoms with Crippen LogP contribution in [0.25, 0.3) is 5.69 Å². The molecule has 2 amide bonds. The standard InChI is InChI=1S/C34H40N6O6S/c41-22-25-14-16-26(17-15-25)30-20-29(23-47-34-36-38-39-40(34)28-8-4-3-5-9-28)45-33(46-30)27-18-12-24(13-19-27)21-35-31(42)10-6-1-2-7-11-32(43)37-44/h3-5,8-9,12-19,29-30,33,41,44H,1-2,6-7,10-11,20-23H2,(H,35,42)(H,37,43)/t29-,30+,33+/m0/s1. The Balaban J connectivity index is 1.17.